The number of amides is 2. The summed E-state index contributed by atoms with van der Waals surface area (Å²) in [7, 11) is 0. The van der Waals surface area contributed by atoms with E-state index in [4.69, 9.17) is 17.0 Å². The molecule has 3 aromatic rings. The minimum atomic E-state index is -1.15. The van der Waals surface area contributed by atoms with Gasteiger partial charge in [-0.15, -0.1) is 0 Å². The van der Waals surface area contributed by atoms with Crippen molar-refractivity contribution in [1.82, 2.24) is 5.32 Å². The van der Waals surface area contributed by atoms with Crippen molar-refractivity contribution in [3.05, 3.63) is 99.5 Å². The molecule has 2 amide bonds. The molecule has 9 heteroatoms. The summed E-state index contributed by atoms with van der Waals surface area (Å²) in [6.07, 6.45) is 1.43. The summed E-state index contributed by atoms with van der Waals surface area (Å²) in [6, 6.07) is 20.6. The Hall–Kier alpha value is -3.82. The molecule has 7 nitrogen and oxygen atoms in total. The van der Waals surface area contributed by atoms with Gasteiger partial charge < -0.3 is 9.84 Å². The van der Waals surface area contributed by atoms with Crippen LogP contribution in [-0.2, 0) is 16.2 Å². The molecule has 0 spiro atoms. The van der Waals surface area contributed by atoms with Crippen molar-refractivity contribution in [1.29, 1.82) is 0 Å². The number of aromatic carboxylic acids is 1. The van der Waals surface area contributed by atoms with E-state index in [-0.39, 0.29) is 21.9 Å². The number of ether oxygens (including phenoxy) is 1. The third kappa shape index (κ3) is 5.05. The molecule has 34 heavy (non-hydrogen) atoms. The van der Waals surface area contributed by atoms with Crippen LogP contribution >= 0.6 is 28.1 Å². The normalized spacial score (nSPS) is 14.8. The quantitative estimate of drug-likeness (QED) is 0.272. The van der Waals surface area contributed by atoms with Gasteiger partial charge >= 0.3 is 5.97 Å². The highest BCUT2D eigenvalue weighted by molar-refractivity contribution is 9.10. The lowest BCUT2D eigenvalue weighted by molar-refractivity contribution is -0.122. The van der Waals surface area contributed by atoms with Crippen LogP contribution in [0, 0.1) is 0 Å². The first-order chi connectivity index (χ1) is 16.3. The number of carbonyl (C=O) groups is 3. The van der Waals surface area contributed by atoms with Crippen LogP contribution in [0.25, 0.3) is 6.08 Å². The number of hydrogen-bond donors (Lipinski definition) is 2. The van der Waals surface area contributed by atoms with Gasteiger partial charge in [-0.3, -0.25) is 19.8 Å². The Morgan fingerprint density at radius 2 is 1.82 bits per heavy atom. The van der Waals surface area contributed by atoms with E-state index >= 15 is 0 Å². The average Bonchev–Trinajstić information content (AvgIpc) is 2.82. The smallest absolute Gasteiger partial charge is 0.335 e. The lowest BCUT2D eigenvalue weighted by Crippen LogP contribution is -2.54. The monoisotopic (exact) mass is 536 g/mol. The third-order valence-electron chi connectivity index (χ3n) is 4.96. The van der Waals surface area contributed by atoms with Gasteiger partial charge in [0.1, 0.15) is 17.9 Å². The number of rotatable bonds is 6. The van der Waals surface area contributed by atoms with Crippen LogP contribution in [-0.4, -0.2) is 28.0 Å². The Kier molecular flexibility index (Phi) is 6.85. The summed E-state index contributed by atoms with van der Waals surface area (Å²) < 4.78 is 6.68. The molecule has 3 aromatic carbocycles. The first kappa shape index (κ1) is 23.3. The predicted molar refractivity (Wildman–Crippen MR) is 135 cm³/mol. The topological polar surface area (TPSA) is 95.9 Å². The molecule has 0 atom stereocenters. The predicted octanol–water partition coefficient (Wildman–Crippen LogP) is 4.56. The molecule has 4 rings (SSSR count). The molecule has 0 aliphatic carbocycles. The van der Waals surface area contributed by atoms with E-state index in [1.54, 1.807) is 24.3 Å². The first-order valence-electron chi connectivity index (χ1n) is 10.0. The van der Waals surface area contributed by atoms with Crippen molar-refractivity contribution in [2.45, 2.75) is 6.61 Å². The van der Waals surface area contributed by atoms with Gasteiger partial charge in [0.05, 0.1) is 11.3 Å². The van der Waals surface area contributed by atoms with Crippen molar-refractivity contribution in [3.63, 3.8) is 0 Å². The molecule has 1 aliphatic heterocycles. The summed E-state index contributed by atoms with van der Waals surface area (Å²) in [5.41, 5.74) is 1.52. The number of carboxylic acid groups (broad SMARTS) is 1. The van der Waals surface area contributed by atoms with Gasteiger partial charge in [0.25, 0.3) is 11.8 Å². The van der Waals surface area contributed by atoms with E-state index in [9.17, 15) is 19.5 Å². The van der Waals surface area contributed by atoms with Crippen molar-refractivity contribution in [3.8, 4) is 5.75 Å². The van der Waals surface area contributed by atoms with Gasteiger partial charge in [-0.05, 0) is 60.3 Å². The second-order valence-electron chi connectivity index (χ2n) is 7.27. The average molecular weight is 537 g/mol. The van der Waals surface area contributed by atoms with Crippen molar-refractivity contribution >= 4 is 62.8 Å². The van der Waals surface area contributed by atoms with E-state index in [0.29, 0.717) is 17.9 Å². The number of nitrogens with zero attached hydrogens (tertiary/aromatic N) is 1. The lowest BCUT2D eigenvalue weighted by Gasteiger charge is -2.29. The van der Waals surface area contributed by atoms with Crippen molar-refractivity contribution < 1.29 is 24.2 Å². The van der Waals surface area contributed by atoms with Gasteiger partial charge in [-0.25, -0.2) is 4.79 Å². The number of thiocarbonyl (C=S) groups is 1. The molecule has 0 bridgehead atoms. The number of benzene rings is 3. The molecule has 170 valence electrons. The molecule has 0 saturated carbocycles. The Morgan fingerprint density at radius 3 is 2.56 bits per heavy atom. The van der Waals surface area contributed by atoms with E-state index in [0.717, 1.165) is 14.9 Å². The maximum absolute atomic E-state index is 13.3. The van der Waals surface area contributed by atoms with Gasteiger partial charge in [0.15, 0.2) is 5.11 Å². The summed E-state index contributed by atoms with van der Waals surface area (Å²) in [5, 5.41) is 11.6. The SMILES string of the molecule is O=C1NC(=S)N(c2cccc(C(=O)O)c2)C(=O)C1=Cc1cc(Br)ccc1OCc1ccccc1. The Morgan fingerprint density at radius 1 is 1.06 bits per heavy atom. The van der Waals surface area contributed by atoms with Gasteiger partial charge in [0.2, 0.25) is 0 Å². The van der Waals surface area contributed by atoms with Crippen LogP contribution in [0.2, 0.25) is 0 Å². The zero-order valence-corrected chi connectivity index (χ0v) is 19.9. The Bertz CT molecular complexity index is 1340. The molecule has 1 fully saturated rings. The zero-order valence-electron chi connectivity index (χ0n) is 17.5. The van der Waals surface area contributed by atoms with Crippen LogP contribution < -0.4 is 15.0 Å². The number of hydrogen-bond acceptors (Lipinski definition) is 5. The third-order valence-corrected chi connectivity index (χ3v) is 5.74. The van der Waals surface area contributed by atoms with E-state index < -0.39 is 17.8 Å². The summed E-state index contributed by atoms with van der Waals surface area (Å²) >= 11 is 8.61. The van der Waals surface area contributed by atoms with Crippen molar-refractivity contribution in [2.75, 3.05) is 4.90 Å². The standard InChI is InChI=1S/C25H17BrN2O5S/c26-18-9-10-21(33-14-15-5-2-1-3-6-15)17(11-18)13-20-22(29)27-25(34)28(23(20)30)19-8-4-7-16(12-19)24(31)32/h1-13H,14H2,(H,31,32)(H,27,29,34). The number of nitrogens with one attached hydrogen (secondary N) is 1. The molecule has 1 saturated heterocycles. The second kappa shape index (κ2) is 9.98. The highest BCUT2D eigenvalue weighted by Crippen LogP contribution is 2.29. The van der Waals surface area contributed by atoms with Crippen LogP contribution in [0.3, 0.4) is 0 Å². The molecule has 1 heterocycles. The largest absolute Gasteiger partial charge is 0.488 e. The van der Waals surface area contributed by atoms with Gasteiger partial charge in [-0.2, -0.15) is 0 Å². The van der Waals surface area contributed by atoms with E-state index in [2.05, 4.69) is 21.2 Å². The highest BCUT2D eigenvalue weighted by Gasteiger charge is 2.35. The van der Waals surface area contributed by atoms with E-state index in [1.807, 2.05) is 30.3 Å². The van der Waals surface area contributed by atoms with Crippen LogP contribution in [0.1, 0.15) is 21.5 Å². The van der Waals surface area contributed by atoms with Crippen LogP contribution in [0.15, 0.2) is 82.8 Å². The summed E-state index contributed by atoms with van der Waals surface area (Å²) in [5.74, 6) is -2.00. The fourth-order valence-electron chi connectivity index (χ4n) is 3.32. The lowest BCUT2D eigenvalue weighted by atomic mass is 10.1. The maximum atomic E-state index is 13.3. The molecule has 2 N–H and O–H groups in total. The molecule has 0 unspecified atom stereocenters. The highest BCUT2D eigenvalue weighted by atomic mass is 79.9. The Labute approximate surface area is 208 Å². The zero-order chi connectivity index (χ0) is 24.2. The van der Waals surface area contributed by atoms with Gasteiger partial charge in [0, 0.05) is 10.0 Å². The summed E-state index contributed by atoms with van der Waals surface area (Å²) in [4.78, 5) is 38.5. The molecule has 0 aromatic heterocycles. The number of carbonyl (C=O) groups excluding carboxylic acids is 2. The fraction of sp³-hybridized carbons (Fsp3) is 0.0400. The van der Waals surface area contributed by atoms with E-state index in [1.165, 1.54) is 24.3 Å². The van der Waals surface area contributed by atoms with Crippen molar-refractivity contribution in [2.24, 2.45) is 0 Å². The van der Waals surface area contributed by atoms with Gasteiger partial charge in [-0.1, -0.05) is 52.3 Å². The molecular weight excluding hydrogens is 520 g/mol. The van der Waals surface area contributed by atoms with Crippen LogP contribution in [0.5, 0.6) is 5.75 Å². The maximum Gasteiger partial charge on any atom is 0.335 e. The summed E-state index contributed by atoms with van der Waals surface area (Å²) in [6.45, 7) is 0.303. The number of carboxylic acids is 1. The van der Waals surface area contributed by atoms with Crippen LogP contribution in [0.4, 0.5) is 5.69 Å². The minimum absolute atomic E-state index is 0.0147. The number of anilines is 1. The first-order valence-corrected chi connectivity index (χ1v) is 11.2. The molecule has 0 radical (unpaired) electrons. The molecular formula is C25H17BrN2O5S. The number of halogens is 1. The Balaban J connectivity index is 1.69. The second-order valence-corrected chi connectivity index (χ2v) is 8.57. The minimum Gasteiger partial charge on any atom is -0.488 e. The molecule has 1 aliphatic rings. The fourth-order valence-corrected chi connectivity index (χ4v) is 3.98.